The second-order valence-corrected chi connectivity index (χ2v) is 9.20. The van der Waals surface area contributed by atoms with Crippen LogP contribution in [0.3, 0.4) is 0 Å². The molecule has 0 heterocycles. The minimum Gasteiger partial charge on any atom is -0.481 e. The average Bonchev–Trinajstić information content (AvgIpc) is 2.54. The van der Waals surface area contributed by atoms with Crippen molar-refractivity contribution in [3.8, 4) is 5.75 Å². The number of halogens is 3. The number of hydrogen-bond donors (Lipinski definition) is 1. The van der Waals surface area contributed by atoms with Gasteiger partial charge in [0.05, 0.1) is 14.4 Å². The number of nitrogens with one attached hydrogen (secondary N) is 1. The second kappa shape index (κ2) is 8.58. The predicted octanol–water partition coefficient (Wildman–Crippen LogP) is 4.02. The Morgan fingerprint density at radius 1 is 1.19 bits per heavy atom. The smallest absolute Gasteiger partial charge is 0.262 e. The third kappa shape index (κ3) is 5.11. The molecule has 2 rings (SSSR count). The van der Waals surface area contributed by atoms with E-state index in [2.05, 4.69) is 21.2 Å². The van der Waals surface area contributed by atoms with Gasteiger partial charge in [-0.05, 0) is 52.3 Å². The zero-order valence-corrected chi connectivity index (χ0v) is 17.7. The van der Waals surface area contributed by atoms with Gasteiger partial charge in [0.25, 0.3) is 5.91 Å². The molecule has 0 radical (unpaired) electrons. The molecule has 1 amide bonds. The van der Waals surface area contributed by atoms with Gasteiger partial charge in [0, 0.05) is 24.8 Å². The zero-order valence-electron chi connectivity index (χ0n) is 13.8. The number of ether oxygens (including phenoxy) is 1. The summed E-state index contributed by atoms with van der Waals surface area (Å²) >= 11 is 15.2. The van der Waals surface area contributed by atoms with Crippen molar-refractivity contribution in [2.45, 2.75) is 4.90 Å². The third-order valence-corrected chi connectivity index (χ3v) is 6.14. The van der Waals surface area contributed by atoms with E-state index in [-0.39, 0.29) is 16.5 Å². The third-order valence-electron chi connectivity index (χ3n) is 3.23. The predicted molar refractivity (Wildman–Crippen MR) is 106 cm³/mol. The Labute approximate surface area is 170 Å². The van der Waals surface area contributed by atoms with E-state index in [9.17, 15) is 13.2 Å². The van der Waals surface area contributed by atoms with Gasteiger partial charge in [-0.25, -0.2) is 12.7 Å². The maximum atomic E-state index is 12.0. The number of carbonyl (C=O) groups excluding carboxylic acids is 1. The highest BCUT2D eigenvalue weighted by Crippen LogP contribution is 2.36. The molecule has 0 aliphatic carbocycles. The molecule has 0 bridgehead atoms. The minimum absolute atomic E-state index is 0.133. The largest absolute Gasteiger partial charge is 0.481 e. The number of rotatable bonds is 6. The van der Waals surface area contributed by atoms with Crippen LogP contribution in [0.1, 0.15) is 0 Å². The topological polar surface area (TPSA) is 75.7 Å². The Morgan fingerprint density at radius 3 is 2.35 bits per heavy atom. The van der Waals surface area contributed by atoms with Gasteiger partial charge in [0.2, 0.25) is 10.0 Å². The van der Waals surface area contributed by atoms with Crippen LogP contribution in [0.25, 0.3) is 0 Å². The minimum atomic E-state index is -3.52. The fourth-order valence-electron chi connectivity index (χ4n) is 1.92. The average molecular weight is 482 g/mol. The molecule has 26 heavy (non-hydrogen) atoms. The van der Waals surface area contributed by atoms with Gasteiger partial charge in [0.1, 0.15) is 0 Å². The molecule has 0 saturated heterocycles. The maximum Gasteiger partial charge on any atom is 0.262 e. The van der Waals surface area contributed by atoms with Crippen molar-refractivity contribution >= 4 is 60.7 Å². The highest BCUT2D eigenvalue weighted by atomic mass is 79.9. The molecule has 0 atom stereocenters. The molecule has 6 nitrogen and oxygen atoms in total. The van der Waals surface area contributed by atoms with Crippen LogP contribution >= 0.6 is 39.1 Å². The normalized spacial score (nSPS) is 11.5. The summed E-state index contributed by atoms with van der Waals surface area (Å²) in [5.41, 5.74) is 0.442. The number of amides is 1. The summed E-state index contributed by atoms with van der Waals surface area (Å²) in [4.78, 5) is 12.2. The number of anilines is 1. The van der Waals surface area contributed by atoms with Crippen LogP contribution in [0.4, 0.5) is 5.69 Å². The molecule has 140 valence electrons. The van der Waals surface area contributed by atoms with E-state index in [0.29, 0.717) is 20.9 Å². The van der Waals surface area contributed by atoms with Gasteiger partial charge in [-0.2, -0.15) is 0 Å². The first-order chi connectivity index (χ1) is 12.1. The number of carbonyl (C=O) groups is 1. The first-order valence-corrected chi connectivity index (χ1v) is 10.2. The Balaban J connectivity index is 2.01. The summed E-state index contributed by atoms with van der Waals surface area (Å²) in [6.07, 6.45) is 0. The van der Waals surface area contributed by atoms with Crippen LogP contribution in [0.15, 0.2) is 45.8 Å². The summed E-state index contributed by atoms with van der Waals surface area (Å²) < 4.78 is 31.1. The fraction of sp³-hybridized carbons (Fsp3) is 0.188. The van der Waals surface area contributed by atoms with Crippen molar-refractivity contribution in [3.63, 3.8) is 0 Å². The molecule has 0 aliphatic heterocycles. The molecule has 1 N–H and O–H groups in total. The van der Waals surface area contributed by atoms with Gasteiger partial charge in [-0.3, -0.25) is 4.79 Å². The van der Waals surface area contributed by atoms with E-state index in [4.69, 9.17) is 27.9 Å². The molecule has 0 aromatic heterocycles. The van der Waals surface area contributed by atoms with Crippen LogP contribution in [0.2, 0.25) is 10.0 Å². The quantitative estimate of drug-likeness (QED) is 0.675. The van der Waals surface area contributed by atoms with Gasteiger partial charge in [0.15, 0.2) is 12.4 Å². The standard InChI is InChI=1S/C16H15BrCl2N2O4S/c1-21(2)26(23,24)12-5-3-11(4-6-12)20-15(22)9-25-16-13(17)7-10(18)8-14(16)19/h3-8H,9H2,1-2H3,(H,20,22). The van der Waals surface area contributed by atoms with Crippen LogP contribution in [0, 0.1) is 0 Å². The summed E-state index contributed by atoms with van der Waals surface area (Å²) in [6.45, 7) is -0.280. The Hall–Kier alpha value is -1.32. The van der Waals surface area contributed by atoms with E-state index >= 15 is 0 Å². The molecule has 0 saturated carbocycles. The van der Waals surface area contributed by atoms with Gasteiger partial charge in [-0.1, -0.05) is 23.2 Å². The summed E-state index contributed by atoms with van der Waals surface area (Å²) in [7, 11) is -0.623. The lowest BCUT2D eigenvalue weighted by atomic mass is 10.3. The van der Waals surface area contributed by atoms with Gasteiger partial charge in [-0.15, -0.1) is 0 Å². The van der Waals surface area contributed by atoms with E-state index in [1.54, 1.807) is 6.07 Å². The summed E-state index contributed by atoms with van der Waals surface area (Å²) in [6, 6.07) is 8.94. The molecule has 10 heteroatoms. The van der Waals surface area contributed by atoms with Crippen LogP contribution < -0.4 is 10.1 Å². The maximum absolute atomic E-state index is 12.0. The highest BCUT2D eigenvalue weighted by Gasteiger charge is 2.17. The van der Waals surface area contributed by atoms with Crippen molar-refractivity contribution in [3.05, 3.63) is 50.9 Å². The van der Waals surface area contributed by atoms with E-state index in [1.165, 1.54) is 44.4 Å². The Kier molecular flexibility index (Phi) is 6.92. The van der Waals surface area contributed by atoms with Crippen LogP contribution in [-0.4, -0.2) is 39.3 Å². The molecule has 0 spiro atoms. The van der Waals surface area contributed by atoms with E-state index in [0.717, 1.165) is 4.31 Å². The van der Waals surface area contributed by atoms with Crippen LogP contribution in [-0.2, 0) is 14.8 Å². The number of benzene rings is 2. The molecule has 0 fully saturated rings. The number of sulfonamides is 1. The molecule has 0 aliphatic rings. The van der Waals surface area contributed by atoms with Crippen molar-refractivity contribution < 1.29 is 17.9 Å². The van der Waals surface area contributed by atoms with E-state index in [1.807, 2.05) is 0 Å². The zero-order chi connectivity index (χ0) is 19.5. The lowest BCUT2D eigenvalue weighted by Gasteiger charge is -2.13. The Bertz CT molecular complexity index is 895. The number of hydrogen-bond acceptors (Lipinski definition) is 4. The molecular weight excluding hydrogens is 467 g/mol. The molecular formula is C16H15BrCl2N2O4S. The Morgan fingerprint density at radius 2 is 1.81 bits per heavy atom. The first kappa shape index (κ1) is 21.0. The lowest BCUT2D eigenvalue weighted by Crippen LogP contribution is -2.22. The lowest BCUT2D eigenvalue weighted by molar-refractivity contribution is -0.118. The first-order valence-electron chi connectivity index (χ1n) is 7.21. The van der Waals surface area contributed by atoms with Crippen molar-refractivity contribution in [1.29, 1.82) is 0 Å². The number of nitrogens with zero attached hydrogens (tertiary/aromatic N) is 1. The molecule has 2 aromatic carbocycles. The fourth-order valence-corrected chi connectivity index (χ4v) is 4.19. The van der Waals surface area contributed by atoms with Crippen molar-refractivity contribution in [1.82, 2.24) is 4.31 Å². The van der Waals surface area contributed by atoms with Crippen LogP contribution in [0.5, 0.6) is 5.75 Å². The van der Waals surface area contributed by atoms with Gasteiger partial charge < -0.3 is 10.1 Å². The SMILES string of the molecule is CN(C)S(=O)(=O)c1ccc(NC(=O)COc2c(Cl)cc(Cl)cc2Br)cc1. The summed E-state index contributed by atoms with van der Waals surface area (Å²) in [5.74, 6) is -0.121. The highest BCUT2D eigenvalue weighted by molar-refractivity contribution is 9.10. The molecule has 2 aromatic rings. The molecule has 0 unspecified atom stereocenters. The van der Waals surface area contributed by atoms with Crippen molar-refractivity contribution in [2.75, 3.05) is 26.0 Å². The van der Waals surface area contributed by atoms with Gasteiger partial charge >= 0.3 is 0 Å². The van der Waals surface area contributed by atoms with E-state index < -0.39 is 15.9 Å². The monoisotopic (exact) mass is 480 g/mol. The van der Waals surface area contributed by atoms with Crippen molar-refractivity contribution in [2.24, 2.45) is 0 Å². The summed E-state index contributed by atoms with van der Waals surface area (Å²) in [5, 5.41) is 3.32. The second-order valence-electron chi connectivity index (χ2n) is 5.35.